The van der Waals surface area contributed by atoms with Gasteiger partial charge < -0.3 is 29.5 Å². The van der Waals surface area contributed by atoms with Crippen molar-refractivity contribution < 1.29 is 32.4 Å². The van der Waals surface area contributed by atoms with Gasteiger partial charge in [-0.2, -0.15) is 0 Å². The van der Waals surface area contributed by atoms with Gasteiger partial charge in [-0.05, 0) is 44.4 Å². The van der Waals surface area contributed by atoms with Crippen molar-refractivity contribution >= 4 is 44.7 Å². The molecule has 0 unspecified atom stereocenters. The average molecular weight is 592 g/mol. The second-order valence-corrected chi connectivity index (χ2v) is 12.7. The molecule has 1 aliphatic rings. The summed E-state index contributed by atoms with van der Waals surface area (Å²) >= 11 is 1.06. The molecule has 3 heterocycles. The predicted octanol–water partition coefficient (Wildman–Crippen LogP) is 3.54. The summed E-state index contributed by atoms with van der Waals surface area (Å²) < 4.78 is 40.3. The molecule has 0 fully saturated rings. The third-order valence-corrected chi connectivity index (χ3v) is 9.52. The average Bonchev–Trinajstić information content (AvgIpc) is 3.57. The number of para-hydroxylation sites is 1. The molecule has 0 radical (unpaired) electrons. The highest BCUT2D eigenvalue weighted by molar-refractivity contribution is 7.94. The Hall–Kier alpha value is -3.62. The highest BCUT2D eigenvalue weighted by atomic mass is 32.2. The summed E-state index contributed by atoms with van der Waals surface area (Å²) in [5, 5.41) is 18.2. The number of carbonyl (C=O) groups is 2. The van der Waals surface area contributed by atoms with Crippen molar-refractivity contribution in [2.24, 2.45) is 5.92 Å². The summed E-state index contributed by atoms with van der Waals surface area (Å²) in [5.74, 6) is -0.177. The van der Waals surface area contributed by atoms with E-state index in [-0.39, 0.29) is 46.8 Å². The van der Waals surface area contributed by atoms with Crippen molar-refractivity contribution in [1.82, 2.24) is 15.0 Å². The molecule has 40 heavy (non-hydrogen) atoms. The van der Waals surface area contributed by atoms with E-state index in [1.54, 1.807) is 56.3 Å². The zero-order chi connectivity index (χ0) is 29.2. The number of hydrogen-bond donors (Lipinski definition) is 3. The first-order valence-corrected chi connectivity index (χ1v) is 15.0. The van der Waals surface area contributed by atoms with Crippen LogP contribution in [0.1, 0.15) is 35.7 Å². The van der Waals surface area contributed by atoms with E-state index in [9.17, 15) is 23.1 Å². The van der Waals surface area contributed by atoms with E-state index < -0.39 is 34.1 Å². The van der Waals surface area contributed by atoms with E-state index in [1.807, 2.05) is 6.92 Å². The van der Waals surface area contributed by atoms with Crippen molar-refractivity contribution in [1.29, 1.82) is 0 Å². The lowest BCUT2D eigenvalue weighted by atomic mass is 9.99. The number of likely N-dealkylation sites (N-methyl/N-ethyl adjacent to an activating group) is 1. The Kier molecular flexibility index (Phi) is 8.71. The second-order valence-electron chi connectivity index (χ2n) is 9.85. The van der Waals surface area contributed by atoms with E-state index in [0.29, 0.717) is 17.1 Å². The van der Waals surface area contributed by atoms with Gasteiger partial charge in [0.15, 0.2) is 11.5 Å². The molecule has 0 bridgehead atoms. The van der Waals surface area contributed by atoms with Gasteiger partial charge in [0.05, 0.1) is 30.4 Å². The van der Waals surface area contributed by atoms with Crippen LogP contribution >= 0.6 is 11.3 Å². The molecule has 1 aromatic carbocycles. The Morgan fingerprint density at radius 2 is 2.05 bits per heavy atom. The quantitative estimate of drug-likeness (QED) is 0.359. The van der Waals surface area contributed by atoms with Gasteiger partial charge in [-0.25, -0.2) is 13.2 Å². The molecule has 3 amide bonds. The lowest BCUT2D eigenvalue weighted by molar-refractivity contribution is 0.0373. The zero-order valence-electron chi connectivity index (χ0n) is 22.9. The number of nitrogens with zero attached hydrogens (tertiary/aromatic N) is 3. The Morgan fingerprint density at radius 1 is 1.30 bits per heavy atom. The van der Waals surface area contributed by atoms with E-state index >= 15 is 0 Å². The molecule has 12 nitrogen and oxygen atoms in total. The topological polar surface area (TPSA) is 154 Å². The Bertz CT molecular complexity index is 1450. The summed E-state index contributed by atoms with van der Waals surface area (Å²) in [6, 6.07) is 6.83. The number of sulfonamides is 1. The molecule has 4 rings (SSSR count). The zero-order valence-corrected chi connectivity index (χ0v) is 24.5. The van der Waals surface area contributed by atoms with Crippen LogP contribution < -0.4 is 14.8 Å². The maximum atomic E-state index is 13.6. The minimum Gasteiger partial charge on any atom is -0.485 e. The van der Waals surface area contributed by atoms with Gasteiger partial charge in [0.1, 0.15) is 21.7 Å². The minimum absolute atomic E-state index is 0.0545. The first kappa shape index (κ1) is 29.4. The third-order valence-electron chi connectivity index (χ3n) is 6.76. The van der Waals surface area contributed by atoms with E-state index in [4.69, 9.17) is 9.26 Å². The van der Waals surface area contributed by atoms with Gasteiger partial charge in [-0.3, -0.25) is 9.52 Å². The van der Waals surface area contributed by atoms with Gasteiger partial charge in [0.2, 0.25) is 0 Å². The number of aryl methyl sites for hydroxylation is 2. The molecule has 3 atom stereocenters. The highest BCUT2D eigenvalue weighted by Gasteiger charge is 2.35. The summed E-state index contributed by atoms with van der Waals surface area (Å²) in [5.41, 5.74) is 1.26. The number of fused-ring (bicyclic) bond motifs is 1. The van der Waals surface area contributed by atoms with Gasteiger partial charge in [-0.1, -0.05) is 24.2 Å². The molecule has 0 saturated carbocycles. The largest absolute Gasteiger partial charge is 0.485 e. The maximum absolute atomic E-state index is 13.6. The van der Waals surface area contributed by atoms with Crippen molar-refractivity contribution in [3.63, 3.8) is 0 Å². The van der Waals surface area contributed by atoms with Crippen LogP contribution in [0.2, 0.25) is 0 Å². The molecule has 14 heteroatoms. The van der Waals surface area contributed by atoms with E-state index in [1.165, 1.54) is 17.0 Å². The Morgan fingerprint density at radius 3 is 2.67 bits per heavy atom. The molecule has 0 saturated heterocycles. The number of hydrogen-bond acceptors (Lipinski definition) is 9. The number of carbonyl (C=O) groups excluding carboxylic acids is 2. The van der Waals surface area contributed by atoms with Crippen molar-refractivity contribution in [2.75, 3.05) is 36.8 Å². The van der Waals surface area contributed by atoms with Gasteiger partial charge in [-0.15, -0.1) is 11.3 Å². The van der Waals surface area contributed by atoms with Crippen LogP contribution in [0, 0.1) is 19.8 Å². The highest BCUT2D eigenvalue weighted by Crippen LogP contribution is 2.36. The van der Waals surface area contributed by atoms with E-state index in [0.717, 1.165) is 11.3 Å². The molecular formula is C26H33N5O7S2. The fourth-order valence-electron chi connectivity index (χ4n) is 4.37. The monoisotopic (exact) mass is 591 g/mol. The lowest BCUT2D eigenvalue weighted by Gasteiger charge is -2.38. The smallest absolute Gasteiger partial charge is 0.321 e. The number of amides is 3. The minimum atomic E-state index is -3.95. The van der Waals surface area contributed by atoms with E-state index in [2.05, 4.69) is 15.2 Å². The van der Waals surface area contributed by atoms with Crippen LogP contribution in [0.4, 0.5) is 16.2 Å². The molecule has 2 aromatic heterocycles. The number of aromatic nitrogens is 1. The molecule has 0 aliphatic carbocycles. The number of anilines is 2. The number of thiophene rings is 1. The van der Waals surface area contributed by atoms with Crippen molar-refractivity contribution in [2.45, 2.75) is 44.0 Å². The third kappa shape index (κ3) is 6.08. The number of nitrogens with one attached hydrogen (secondary N) is 2. The van der Waals surface area contributed by atoms with Crippen LogP contribution in [0.5, 0.6) is 5.75 Å². The fraction of sp³-hybridized carbons (Fsp3) is 0.423. The number of aliphatic hydroxyl groups is 1. The van der Waals surface area contributed by atoms with Gasteiger partial charge in [0.25, 0.3) is 15.9 Å². The standard InChI is InChI=1S/C26H33N5O7S2/c1-15-12-31(16(2)14-32)25(33)19-8-6-9-20(29-40(35,36)22-10-7-11-39-22)24(19)37-21(15)13-30(5)26(34)27-23-17(3)28-38-18(23)4/h6-11,15-16,21,29,32H,12-14H2,1-5H3,(H,27,34)/t15-,16-,21+/m1/s1. The van der Waals surface area contributed by atoms with Crippen LogP contribution in [0.15, 0.2) is 44.4 Å². The van der Waals surface area contributed by atoms with Crippen LogP contribution in [-0.2, 0) is 10.0 Å². The number of urea groups is 1. The Balaban J connectivity index is 1.69. The number of aliphatic hydroxyl groups excluding tert-OH is 1. The SMILES string of the molecule is Cc1noc(C)c1NC(=O)N(C)C[C@@H]1Oc2c(NS(=O)(=O)c3cccs3)cccc2C(=O)N([C@H](C)CO)C[C@H]1C. The lowest BCUT2D eigenvalue weighted by Crippen LogP contribution is -2.50. The van der Waals surface area contributed by atoms with Crippen LogP contribution in [0.3, 0.4) is 0 Å². The predicted molar refractivity (Wildman–Crippen MR) is 150 cm³/mol. The number of rotatable bonds is 8. The number of ether oxygens (including phenoxy) is 1. The molecule has 3 N–H and O–H groups in total. The Labute approximate surface area is 237 Å². The van der Waals surface area contributed by atoms with Gasteiger partial charge >= 0.3 is 6.03 Å². The van der Waals surface area contributed by atoms with Gasteiger partial charge in [0, 0.05) is 19.5 Å². The van der Waals surface area contributed by atoms with Crippen LogP contribution in [0.25, 0.3) is 0 Å². The first-order chi connectivity index (χ1) is 18.9. The molecular weight excluding hydrogens is 558 g/mol. The maximum Gasteiger partial charge on any atom is 0.321 e. The molecule has 216 valence electrons. The fourth-order valence-corrected chi connectivity index (χ4v) is 6.43. The molecule has 3 aromatic rings. The molecule has 0 spiro atoms. The summed E-state index contributed by atoms with van der Waals surface area (Å²) in [7, 11) is -2.34. The van der Waals surface area contributed by atoms with Crippen molar-refractivity contribution in [3.8, 4) is 5.75 Å². The second kappa shape index (κ2) is 11.9. The normalized spacial score (nSPS) is 18.2. The summed E-state index contributed by atoms with van der Waals surface area (Å²) in [6.45, 7) is 7.11. The molecule has 1 aliphatic heterocycles. The number of benzene rings is 1. The summed E-state index contributed by atoms with van der Waals surface area (Å²) in [4.78, 5) is 29.7. The van der Waals surface area contributed by atoms with Crippen molar-refractivity contribution in [3.05, 3.63) is 52.7 Å². The van der Waals surface area contributed by atoms with Crippen LogP contribution in [-0.4, -0.2) is 79.3 Å². The first-order valence-electron chi connectivity index (χ1n) is 12.7. The summed E-state index contributed by atoms with van der Waals surface area (Å²) in [6.07, 6.45) is -0.645.